The molecule has 0 aromatic heterocycles. The number of carbonyl (C=O) groups is 1. The number of halogens is 2. The van der Waals surface area contributed by atoms with Crippen molar-refractivity contribution >= 4 is 38.9 Å². The molecule has 0 bridgehead atoms. The summed E-state index contributed by atoms with van der Waals surface area (Å²) < 4.78 is 25.2. The number of hydrogen-bond acceptors (Lipinski definition) is 3. The van der Waals surface area contributed by atoms with E-state index in [2.05, 4.69) is 5.32 Å². The van der Waals surface area contributed by atoms with Crippen molar-refractivity contribution < 1.29 is 13.2 Å². The van der Waals surface area contributed by atoms with Crippen LogP contribution in [-0.4, -0.2) is 25.5 Å². The highest BCUT2D eigenvalue weighted by Gasteiger charge is 2.32. The highest BCUT2D eigenvalue weighted by molar-refractivity contribution is 7.95. The average Bonchev–Trinajstić information content (AvgIpc) is 2.82. The molecule has 0 saturated heterocycles. The molecule has 0 fully saturated rings. The summed E-state index contributed by atoms with van der Waals surface area (Å²) in [6.07, 6.45) is 8.04. The van der Waals surface area contributed by atoms with Crippen LogP contribution >= 0.6 is 23.2 Å². The van der Waals surface area contributed by atoms with Gasteiger partial charge in [0.05, 0.1) is 17.6 Å². The number of nitrogens with one attached hydrogen (secondary N) is 1. The third-order valence-electron chi connectivity index (χ3n) is 4.05. The van der Waals surface area contributed by atoms with Crippen molar-refractivity contribution in [2.24, 2.45) is 5.92 Å². The molecule has 3 aliphatic rings. The van der Waals surface area contributed by atoms with Crippen molar-refractivity contribution in [3.05, 3.63) is 45.5 Å². The van der Waals surface area contributed by atoms with Crippen molar-refractivity contribution in [3.8, 4) is 0 Å². The molecule has 1 amide bonds. The van der Waals surface area contributed by atoms with Gasteiger partial charge in [0.2, 0.25) is 5.91 Å². The summed E-state index contributed by atoms with van der Waals surface area (Å²) in [6.45, 7) is 0. The monoisotopic (exact) mass is 359 g/mol. The lowest BCUT2D eigenvalue weighted by atomic mass is 10.0. The first kappa shape index (κ1) is 15.8. The summed E-state index contributed by atoms with van der Waals surface area (Å²) >= 11 is 12.2. The number of sulfone groups is 1. The zero-order chi connectivity index (χ0) is 15.9. The minimum atomic E-state index is -3.43. The van der Waals surface area contributed by atoms with Crippen molar-refractivity contribution in [2.75, 3.05) is 5.75 Å². The molecule has 2 atom stereocenters. The van der Waals surface area contributed by atoms with Crippen molar-refractivity contribution in [1.29, 1.82) is 0 Å². The summed E-state index contributed by atoms with van der Waals surface area (Å²) in [5.41, 5.74) is 1.64. The van der Waals surface area contributed by atoms with Gasteiger partial charge in [0.25, 0.3) is 0 Å². The Kier molecular flexibility index (Phi) is 4.23. The van der Waals surface area contributed by atoms with Crippen LogP contribution in [0.15, 0.2) is 45.5 Å². The SMILES string of the molecule is O=C1CC2=C(CCC(S(=O)(=O)CC3C=CC=C(Cl)C3Cl)=C2)N1. The predicted octanol–water partition coefficient (Wildman–Crippen LogP) is 2.77. The zero-order valence-corrected chi connectivity index (χ0v) is 14.0. The normalized spacial score (nSPS) is 28.2. The van der Waals surface area contributed by atoms with E-state index in [4.69, 9.17) is 23.2 Å². The van der Waals surface area contributed by atoms with Crippen molar-refractivity contribution in [1.82, 2.24) is 5.32 Å². The fraction of sp³-hybridized carbons (Fsp3) is 0.400. The van der Waals surface area contributed by atoms with Gasteiger partial charge < -0.3 is 5.32 Å². The summed E-state index contributed by atoms with van der Waals surface area (Å²) in [5.74, 6) is -0.492. The smallest absolute Gasteiger partial charge is 0.228 e. The van der Waals surface area contributed by atoms with E-state index in [1.165, 1.54) is 0 Å². The predicted molar refractivity (Wildman–Crippen MR) is 87.1 cm³/mol. The Balaban J connectivity index is 1.80. The van der Waals surface area contributed by atoms with Gasteiger partial charge in [0, 0.05) is 21.6 Å². The van der Waals surface area contributed by atoms with E-state index in [1.54, 1.807) is 24.3 Å². The van der Waals surface area contributed by atoms with Gasteiger partial charge in [0.15, 0.2) is 9.84 Å². The van der Waals surface area contributed by atoms with Gasteiger partial charge in [-0.25, -0.2) is 8.42 Å². The maximum absolute atomic E-state index is 12.6. The highest BCUT2D eigenvalue weighted by Crippen LogP contribution is 2.34. The maximum atomic E-state index is 12.6. The van der Waals surface area contributed by atoms with Crippen LogP contribution in [0.2, 0.25) is 0 Å². The van der Waals surface area contributed by atoms with Crippen LogP contribution in [0.5, 0.6) is 0 Å². The number of allylic oxidation sites excluding steroid dienone is 7. The number of alkyl halides is 1. The van der Waals surface area contributed by atoms with Crippen LogP contribution in [0, 0.1) is 5.92 Å². The molecule has 1 N–H and O–H groups in total. The third-order valence-corrected chi connectivity index (χ3v) is 7.03. The van der Waals surface area contributed by atoms with E-state index < -0.39 is 15.2 Å². The Morgan fingerprint density at radius 2 is 2.09 bits per heavy atom. The molecule has 2 unspecified atom stereocenters. The van der Waals surface area contributed by atoms with E-state index in [1.807, 2.05) is 0 Å². The minimum Gasteiger partial charge on any atom is -0.329 e. The molecule has 2 aliphatic carbocycles. The third kappa shape index (κ3) is 3.03. The molecule has 22 heavy (non-hydrogen) atoms. The Morgan fingerprint density at radius 1 is 1.32 bits per heavy atom. The summed E-state index contributed by atoms with van der Waals surface area (Å²) in [7, 11) is -3.43. The molecule has 0 aromatic carbocycles. The molecular weight excluding hydrogens is 345 g/mol. The number of rotatable bonds is 3. The molecule has 0 aromatic rings. The van der Waals surface area contributed by atoms with Gasteiger partial charge in [0.1, 0.15) is 0 Å². The van der Waals surface area contributed by atoms with Gasteiger partial charge in [-0.3, -0.25) is 4.79 Å². The fourth-order valence-electron chi connectivity index (χ4n) is 2.88. The van der Waals surface area contributed by atoms with E-state index in [0.717, 1.165) is 11.3 Å². The highest BCUT2D eigenvalue weighted by atomic mass is 35.5. The van der Waals surface area contributed by atoms with Crippen LogP contribution in [0.4, 0.5) is 0 Å². The van der Waals surface area contributed by atoms with Crippen molar-refractivity contribution in [3.63, 3.8) is 0 Å². The molecule has 4 nitrogen and oxygen atoms in total. The Morgan fingerprint density at radius 3 is 2.86 bits per heavy atom. The zero-order valence-electron chi connectivity index (χ0n) is 11.7. The summed E-state index contributed by atoms with van der Waals surface area (Å²) in [5, 5.41) is 2.70. The van der Waals surface area contributed by atoms with Gasteiger partial charge in [-0.2, -0.15) is 0 Å². The number of carbonyl (C=O) groups excluding carboxylic acids is 1. The van der Waals surface area contributed by atoms with E-state index in [-0.39, 0.29) is 24.0 Å². The van der Waals surface area contributed by atoms with Crippen LogP contribution in [-0.2, 0) is 14.6 Å². The molecule has 0 saturated carbocycles. The lowest BCUT2D eigenvalue weighted by molar-refractivity contribution is -0.118. The molecular formula is C15H15Cl2NO3S. The lowest BCUT2D eigenvalue weighted by Crippen LogP contribution is -2.26. The Hall–Kier alpha value is -1.04. The topological polar surface area (TPSA) is 63.2 Å². The Bertz CT molecular complexity index is 747. The second kappa shape index (κ2) is 5.87. The summed E-state index contributed by atoms with van der Waals surface area (Å²) in [6, 6.07) is 0. The number of hydrogen-bond donors (Lipinski definition) is 1. The first-order valence-corrected chi connectivity index (χ1v) is 9.46. The first-order valence-electron chi connectivity index (χ1n) is 7.00. The first-order chi connectivity index (χ1) is 10.4. The lowest BCUT2D eigenvalue weighted by Gasteiger charge is -2.23. The summed E-state index contributed by atoms with van der Waals surface area (Å²) in [4.78, 5) is 11.8. The second-order valence-electron chi connectivity index (χ2n) is 5.62. The molecule has 1 aliphatic heterocycles. The van der Waals surface area contributed by atoms with Crippen LogP contribution in [0.3, 0.4) is 0 Å². The van der Waals surface area contributed by atoms with E-state index in [9.17, 15) is 13.2 Å². The quantitative estimate of drug-likeness (QED) is 0.788. The van der Waals surface area contributed by atoms with Crippen LogP contribution in [0.1, 0.15) is 19.3 Å². The Labute approximate surface area is 139 Å². The van der Waals surface area contributed by atoms with Crippen LogP contribution < -0.4 is 5.32 Å². The second-order valence-corrected chi connectivity index (χ2v) is 8.62. The fourth-order valence-corrected chi connectivity index (χ4v) is 5.22. The molecule has 118 valence electrons. The van der Waals surface area contributed by atoms with Gasteiger partial charge >= 0.3 is 0 Å². The average molecular weight is 360 g/mol. The standard InChI is InChI=1S/C15H15Cl2NO3S/c16-12-3-1-2-9(15(12)17)8-22(20,21)11-4-5-13-10(6-11)7-14(19)18-13/h1-3,6,9,15H,4-5,7-8H2,(H,18,19). The molecule has 0 spiro atoms. The maximum Gasteiger partial charge on any atom is 0.228 e. The minimum absolute atomic E-state index is 0.0719. The molecule has 0 radical (unpaired) electrons. The van der Waals surface area contributed by atoms with Gasteiger partial charge in [-0.15, -0.1) is 11.6 Å². The van der Waals surface area contributed by atoms with Crippen LogP contribution in [0.25, 0.3) is 0 Å². The van der Waals surface area contributed by atoms with E-state index >= 15 is 0 Å². The molecule has 3 rings (SSSR count). The van der Waals surface area contributed by atoms with Gasteiger partial charge in [-0.1, -0.05) is 23.8 Å². The van der Waals surface area contributed by atoms with Crippen molar-refractivity contribution in [2.45, 2.75) is 24.6 Å². The molecule has 7 heteroatoms. The largest absolute Gasteiger partial charge is 0.329 e. The molecule has 1 heterocycles. The number of amides is 1. The van der Waals surface area contributed by atoms with E-state index in [0.29, 0.717) is 22.8 Å². The van der Waals surface area contributed by atoms with Gasteiger partial charge in [-0.05, 0) is 30.6 Å².